The van der Waals surface area contributed by atoms with Crippen molar-refractivity contribution >= 4 is 27.5 Å². The van der Waals surface area contributed by atoms with Gasteiger partial charge in [-0.1, -0.05) is 48.0 Å². The van der Waals surface area contributed by atoms with Crippen LogP contribution in [0.5, 0.6) is 0 Å². The molecule has 1 saturated heterocycles. The van der Waals surface area contributed by atoms with E-state index in [4.69, 9.17) is 11.6 Å². The third-order valence-electron chi connectivity index (χ3n) is 5.68. The van der Waals surface area contributed by atoms with Crippen LogP contribution < -0.4 is 5.32 Å². The minimum absolute atomic E-state index is 0.0898. The fourth-order valence-corrected chi connectivity index (χ4v) is 5.49. The SMILES string of the molecule is O=C(NC(c1ccccc1)c1ccccn1)C1CCN(S(=O)(=O)c2ccc(Cl)cc2)CC1. The highest BCUT2D eigenvalue weighted by Gasteiger charge is 2.33. The molecule has 0 radical (unpaired) electrons. The van der Waals surface area contributed by atoms with Gasteiger partial charge in [0.25, 0.3) is 0 Å². The zero-order valence-corrected chi connectivity index (χ0v) is 19.0. The number of pyridine rings is 1. The van der Waals surface area contributed by atoms with Crippen LogP contribution >= 0.6 is 11.6 Å². The van der Waals surface area contributed by atoms with E-state index < -0.39 is 10.0 Å². The summed E-state index contributed by atoms with van der Waals surface area (Å²) in [6.07, 6.45) is 2.63. The normalized spacial score (nSPS) is 16.4. The van der Waals surface area contributed by atoms with E-state index in [1.807, 2.05) is 48.5 Å². The van der Waals surface area contributed by atoms with Gasteiger partial charge in [0.1, 0.15) is 0 Å². The van der Waals surface area contributed by atoms with E-state index in [0.29, 0.717) is 31.0 Å². The number of hydrogen-bond acceptors (Lipinski definition) is 4. The second-order valence-corrected chi connectivity index (χ2v) is 10.1. The van der Waals surface area contributed by atoms with Gasteiger partial charge in [-0.05, 0) is 54.8 Å². The van der Waals surface area contributed by atoms with E-state index in [0.717, 1.165) is 11.3 Å². The summed E-state index contributed by atoms with van der Waals surface area (Å²) in [5, 5.41) is 3.61. The fourth-order valence-electron chi connectivity index (χ4n) is 3.89. The van der Waals surface area contributed by atoms with Gasteiger partial charge in [-0.3, -0.25) is 9.78 Å². The molecule has 2 aromatic carbocycles. The van der Waals surface area contributed by atoms with Crippen molar-refractivity contribution in [2.75, 3.05) is 13.1 Å². The zero-order valence-electron chi connectivity index (χ0n) is 17.4. The van der Waals surface area contributed by atoms with Crippen molar-refractivity contribution in [3.63, 3.8) is 0 Å². The second kappa shape index (κ2) is 9.81. The number of nitrogens with one attached hydrogen (secondary N) is 1. The van der Waals surface area contributed by atoms with Gasteiger partial charge in [0.05, 0.1) is 16.6 Å². The Labute approximate surface area is 193 Å². The Morgan fingerprint density at radius 3 is 2.25 bits per heavy atom. The van der Waals surface area contributed by atoms with Gasteiger partial charge >= 0.3 is 0 Å². The number of carbonyl (C=O) groups excluding carboxylic acids is 1. The molecule has 2 heterocycles. The quantitative estimate of drug-likeness (QED) is 0.590. The van der Waals surface area contributed by atoms with Crippen LogP contribution in [0.4, 0.5) is 0 Å². The first-order chi connectivity index (χ1) is 15.4. The Morgan fingerprint density at radius 1 is 0.969 bits per heavy atom. The van der Waals surface area contributed by atoms with E-state index in [9.17, 15) is 13.2 Å². The summed E-state index contributed by atoms with van der Waals surface area (Å²) in [6, 6.07) is 21.1. The number of hydrogen-bond donors (Lipinski definition) is 1. The van der Waals surface area contributed by atoms with Gasteiger partial charge in [-0.2, -0.15) is 4.31 Å². The first-order valence-corrected chi connectivity index (χ1v) is 12.3. The number of aromatic nitrogens is 1. The van der Waals surface area contributed by atoms with Crippen LogP contribution in [0.1, 0.15) is 30.1 Å². The summed E-state index contributed by atoms with van der Waals surface area (Å²) in [6.45, 7) is 0.589. The first-order valence-electron chi connectivity index (χ1n) is 10.5. The highest BCUT2D eigenvalue weighted by atomic mass is 35.5. The summed E-state index contributed by atoms with van der Waals surface area (Å²) in [5.74, 6) is -0.352. The molecule has 1 aromatic heterocycles. The van der Waals surface area contributed by atoms with Gasteiger partial charge in [-0.25, -0.2) is 8.42 Å². The molecule has 0 aliphatic carbocycles. The molecule has 1 aliphatic heterocycles. The lowest BCUT2D eigenvalue weighted by atomic mass is 9.95. The summed E-state index contributed by atoms with van der Waals surface area (Å²) >= 11 is 5.87. The number of rotatable bonds is 6. The van der Waals surface area contributed by atoms with Crippen LogP contribution in [0.3, 0.4) is 0 Å². The number of carbonyl (C=O) groups is 1. The van der Waals surface area contributed by atoms with E-state index in [-0.39, 0.29) is 22.8 Å². The lowest BCUT2D eigenvalue weighted by Gasteiger charge is -2.31. The van der Waals surface area contributed by atoms with Crippen molar-refractivity contribution in [2.24, 2.45) is 5.92 Å². The van der Waals surface area contributed by atoms with Crippen molar-refractivity contribution in [1.82, 2.24) is 14.6 Å². The van der Waals surface area contributed by atoms with Gasteiger partial charge in [0.2, 0.25) is 15.9 Å². The van der Waals surface area contributed by atoms with Crippen molar-refractivity contribution in [2.45, 2.75) is 23.8 Å². The molecule has 1 N–H and O–H groups in total. The third kappa shape index (κ3) is 5.01. The smallest absolute Gasteiger partial charge is 0.243 e. The van der Waals surface area contributed by atoms with Crippen LogP contribution in [0.2, 0.25) is 5.02 Å². The van der Waals surface area contributed by atoms with Crippen LogP contribution in [0.25, 0.3) is 0 Å². The van der Waals surface area contributed by atoms with Crippen LogP contribution in [-0.4, -0.2) is 36.7 Å². The van der Waals surface area contributed by atoms with E-state index in [1.165, 1.54) is 16.4 Å². The van der Waals surface area contributed by atoms with Crippen molar-refractivity contribution in [3.05, 3.63) is 95.3 Å². The molecule has 1 atom stereocenters. The average Bonchev–Trinajstić information content (AvgIpc) is 2.84. The minimum atomic E-state index is -3.60. The Morgan fingerprint density at radius 2 is 1.62 bits per heavy atom. The molecule has 1 amide bonds. The predicted molar refractivity (Wildman–Crippen MR) is 124 cm³/mol. The molecule has 8 heteroatoms. The topological polar surface area (TPSA) is 79.4 Å². The molecule has 6 nitrogen and oxygen atoms in total. The Bertz CT molecular complexity index is 1110. The lowest BCUT2D eigenvalue weighted by molar-refractivity contribution is -0.126. The van der Waals surface area contributed by atoms with Crippen molar-refractivity contribution in [3.8, 4) is 0 Å². The van der Waals surface area contributed by atoms with Crippen LogP contribution in [0.15, 0.2) is 83.9 Å². The lowest BCUT2D eigenvalue weighted by Crippen LogP contribution is -2.43. The zero-order chi connectivity index (χ0) is 22.6. The maximum Gasteiger partial charge on any atom is 0.243 e. The predicted octanol–water partition coefficient (Wildman–Crippen LogP) is 4.04. The van der Waals surface area contributed by atoms with Gasteiger partial charge in [-0.15, -0.1) is 0 Å². The first kappa shape index (κ1) is 22.5. The summed E-state index contributed by atoms with van der Waals surface area (Å²) in [7, 11) is -3.60. The van der Waals surface area contributed by atoms with Gasteiger partial charge in [0, 0.05) is 30.2 Å². The number of benzene rings is 2. The van der Waals surface area contributed by atoms with E-state index in [2.05, 4.69) is 10.3 Å². The third-order valence-corrected chi connectivity index (χ3v) is 7.84. The Kier molecular flexibility index (Phi) is 6.89. The molecule has 1 fully saturated rings. The second-order valence-electron chi connectivity index (χ2n) is 7.74. The molecular formula is C24H24ClN3O3S. The van der Waals surface area contributed by atoms with Gasteiger partial charge in [0.15, 0.2) is 0 Å². The van der Waals surface area contributed by atoms with E-state index >= 15 is 0 Å². The standard InChI is InChI=1S/C24H24ClN3O3S/c25-20-9-11-21(12-10-20)32(30,31)28-16-13-19(14-17-28)24(29)27-23(18-6-2-1-3-7-18)22-8-4-5-15-26-22/h1-12,15,19,23H,13-14,16-17H2,(H,27,29). The average molecular weight is 470 g/mol. The maximum absolute atomic E-state index is 13.1. The summed E-state index contributed by atoms with van der Waals surface area (Å²) in [4.78, 5) is 17.7. The number of nitrogens with zero attached hydrogens (tertiary/aromatic N) is 2. The largest absolute Gasteiger partial charge is 0.343 e. The fraction of sp³-hybridized carbons (Fsp3) is 0.250. The van der Waals surface area contributed by atoms with Crippen LogP contribution in [-0.2, 0) is 14.8 Å². The van der Waals surface area contributed by atoms with Crippen LogP contribution in [0, 0.1) is 5.92 Å². The number of amides is 1. The Hall–Kier alpha value is -2.74. The molecule has 0 saturated carbocycles. The number of piperidine rings is 1. The summed E-state index contributed by atoms with van der Waals surface area (Å²) < 4.78 is 27.2. The van der Waals surface area contributed by atoms with Crippen molar-refractivity contribution in [1.29, 1.82) is 0 Å². The minimum Gasteiger partial charge on any atom is -0.343 e. The summed E-state index contributed by atoms with van der Waals surface area (Å²) in [5.41, 5.74) is 1.71. The highest BCUT2D eigenvalue weighted by Crippen LogP contribution is 2.27. The molecule has 3 aromatic rings. The molecule has 0 bridgehead atoms. The molecule has 0 spiro atoms. The molecule has 1 aliphatic rings. The maximum atomic E-state index is 13.1. The van der Waals surface area contributed by atoms with E-state index in [1.54, 1.807) is 18.3 Å². The van der Waals surface area contributed by atoms with Crippen molar-refractivity contribution < 1.29 is 13.2 Å². The molecule has 1 unspecified atom stereocenters. The van der Waals surface area contributed by atoms with Gasteiger partial charge < -0.3 is 5.32 Å². The monoisotopic (exact) mass is 469 g/mol. The Balaban J connectivity index is 1.44. The highest BCUT2D eigenvalue weighted by molar-refractivity contribution is 7.89. The molecular weight excluding hydrogens is 446 g/mol. The number of halogens is 1. The molecule has 166 valence electrons. The molecule has 4 rings (SSSR count). The number of sulfonamides is 1. The molecule has 32 heavy (non-hydrogen) atoms.